The van der Waals surface area contributed by atoms with Crippen molar-refractivity contribution in [1.29, 1.82) is 0 Å². The van der Waals surface area contributed by atoms with E-state index in [9.17, 15) is 5.11 Å². The van der Waals surface area contributed by atoms with Crippen molar-refractivity contribution in [3.63, 3.8) is 0 Å². The van der Waals surface area contributed by atoms with Crippen molar-refractivity contribution in [2.24, 2.45) is 0 Å². The van der Waals surface area contributed by atoms with Crippen LogP contribution < -0.4 is 4.74 Å². The molecule has 1 saturated heterocycles. The van der Waals surface area contributed by atoms with Crippen LogP contribution in [-0.2, 0) is 4.74 Å². The molecule has 0 aliphatic carbocycles. The van der Waals surface area contributed by atoms with Crippen LogP contribution in [0.15, 0.2) is 54.6 Å². The van der Waals surface area contributed by atoms with Crippen LogP contribution in [0.2, 0.25) is 0 Å². The topological polar surface area (TPSA) is 42.0 Å². The molecule has 3 nitrogen and oxygen atoms in total. The number of ether oxygens (including phenoxy) is 2. The maximum atomic E-state index is 9.99. The largest absolute Gasteiger partial charge is 0.457 e. The number of para-hydroxylation sites is 1. The fourth-order valence-electron chi connectivity index (χ4n) is 1.97. The number of aliphatic hydroxyl groups excluding tert-OH is 1. The summed E-state index contributed by atoms with van der Waals surface area (Å²) in [6, 6.07) is 17.2. The zero-order chi connectivity index (χ0) is 13.1. The van der Waals surface area contributed by atoms with E-state index >= 15 is 0 Å². The molecule has 98 valence electrons. The van der Waals surface area contributed by atoms with E-state index in [1.54, 1.807) is 0 Å². The number of hydrogen-bond donors (Lipinski definition) is 1. The van der Waals surface area contributed by atoms with E-state index in [1.807, 2.05) is 54.6 Å². The highest BCUT2D eigenvalue weighted by atomic mass is 16.6. The molecule has 1 N–H and O–H groups in total. The molecular formula is C16H16O3. The average molecular weight is 256 g/mol. The first-order chi connectivity index (χ1) is 9.31. The third-order valence-corrected chi connectivity index (χ3v) is 3.13. The highest BCUT2D eigenvalue weighted by Gasteiger charge is 2.26. The summed E-state index contributed by atoms with van der Waals surface area (Å²) in [5.41, 5.74) is 0.899. The van der Waals surface area contributed by atoms with Crippen molar-refractivity contribution in [3.8, 4) is 11.5 Å². The quantitative estimate of drug-likeness (QED) is 0.834. The third kappa shape index (κ3) is 3.34. The molecule has 1 fully saturated rings. The fourth-order valence-corrected chi connectivity index (χ4v) is 1.97. The van der Waals surface area contributed by atoms with Gasteiger partial charge in [0, 0.05) is 6.42 Å². The highest BCUT2D eigenvalue weighted by molar-refractivity contribution is 5.33. The molecule has 0 aromatic heterocycles. The van der Waals surface area contributed by atoms with Gasteiger partial charge in [0.25, 0.3) is 0 Å². The summed E-state index contributed by atoms with van der Waals surface area (Å²) in [6.45, 7) is 0.770. The van der Waals surface area contributed by atoms with E-state index in [1.165, 1.54) is 0 Å². The minimum Gasteiger partial charge on any atom is -0.457 e. The van der Waals surface area contributed by atoms with Crippen molar-refractivity contribution in [2.45, 2.75) is 18.6 Å². The Morgan fingerprint density at radius 1 is 1.05 bits per heavy atom. The van der Waals surface area contributed by atoms with Crippen LogP contribution in [-0.4, -0.2) is 17.8 Å². The lowest BCUT2D eigenvalue weighted by Gasteiger charge is -2.10. The van der Waals surface area contributed by atoms with Crippen molar-refractivity contribution in [2.75, 3.05) is 6.61 Å². The molecule has 2 aromatic carbocycles. The van der Waals surface area contributed by atoms with E-state index < -0.39 is 6.10 Å². The van der Waals surface area contributed by atoms with Crippen molar-refractivity contribution < 1.29 is 14.6 Å². The van der Waals surface area contributed by atoms with Gasteiger partial charge in [-0.2, -0.15) is 0 Å². The van der Waals surface area contributed by atoms with Gasteiger partial charge in [0.2, 0.25) is 0 Å². The SMILES string of the molecule is OC(CC1CO1)c1ccc(Oc2ccccc2)cc1. The number of rotatable bonds is 5. The van der Waals surface area contributed by atoms with Crippen molar-refractivity contribution >= 4 is 0 Å². The predicted octanol–water partition coefficient (Wildman–Crippen LogP) is 3.30. The molecule has 2 atom stereocenters. The van der Waals surface area contributed by atoms with Crippen molar-refractivity contribution in [1.82, 2.24) is 0 Å². The van der Waals surface area contributed by atoms with Gasteiger partial charge in [0.05, 0.1) is 18.8 Å². The van der Waals surface area contributed by atoms with Crippen LogP contribution in [0.4, 0.5) is 0 Å². The summed E-state index contributed by atoms with van der Waals surface area (Å²) in [5.74, 6) is 1.58. The number of benzene rings is 2. The minimum absolute atomic E-state index is 0.232. The monoisotopic (exact) mass is 256 g/mol. The Hall–Kier alpha value is -1.84. The van der Waals surface area contributed by atoms with Gasteiger partial charge in [-0.25, -0.2) is 0 Å². The summed E-state index contributed by atoms with van der Waals surface area (Å²) in [6.07, 6.45) is 0.437. The summed E-state index contributed by atoms with van der Waals surface area (Å²) in [4.78, 5) is 0. The maximum Gasteiger partial charge on any atom is 0.127 e. The summed E-state index contributed by atoms with van der Waals surface area (Å²) in [7, 11) is 0. The highest BCUT2D eigenvalue weighted by Crippen LogP contribution is 2.27. The standard InChI is InChI=1S/C16H16O3/c17-16(10-15-11-18-15)12-6-8-14(9-7-12)19-13-4-2-1-3-5-13/h1-9,15-17H,10-11H2. The van der Waals surface area contributed by atoms with E-state index in [4.69, 9.17) is 9.47 Å². The van der Waals surface area contributed by atoms with Gasteiger partial charge in [0.1, 0.15) is 11.5 Å². The molecule has 2 unspecified atom stereocenters. The zero-order valence-electron chi connectivity index (χ0n) is 10.5. The van der Waals surface area contributed by atoms with Crippen LogP contribution in [0.5, 0.6) is 11.5 Å². The lowest BCUT2D eigenvalue weighted by Crippen LogP contribution is -2.01. The summed E-state index contributed by atoms with van der Waals surface area (Å²) >= 11 is 0. The molecule has 2 aromatic rings. The van der Waals surface area contributed by atoms with E-state index in [-0.39, 0.29) is 6.10 Å². The lowest BCUT2D eigenvalue weighted by atomic mass is 10.1. The minimum atomic E-state index is -0.460. The average Bonchev–Trinajstić information content (AvgIpc) is 3.25. The first kappa shape index (κ1) is 12.2. The molecular weight excluding hydrogens is 240 g/mol. The van der Waals surface area contributed by atoms with E-state index in [2.05, 4.69) is 0 Å². The molecule has 1 heterocycles. The Morgan fingerprint density at radius 3 is 2.32 bits per heavy atom. The Morgan fingerprint density at radius 2 is 1.68 bits per heavy atom. The Balaban J connectivity index is 1.64. The smallest absolute Gasteiger partial charge is 0.127 e. The first-order valence-corrected chi connectivity index (χ1v) is 6.44. The first-order valence-electron chi connectivity index (χ1n) is 6.44. The summed E-state index contributed by atoms with van der Waals surface area (Å²) in [5, 5.41) is 9.99. The zero-order valence-corrected chi connectivity index (χ0v) is 10.5. The van der Waals surface area contributed by atoms with Crippen LogP contribution in [0, 0.1) is 0 Å². The number of hydrogen-bond acceptors (Lipinski definition) is 3. The second-order valence-corrected chi connectivity index (χ2v) is 4.69. The van der Waals surface area contributed by atoms with Gasteiger partial charge in [-0.05, 0) is 29.8 Å². The van der Waals surface area contributed by atoms with E-state index in [0.29, 0.717) is 6.42 Å². The molecule has 0 saturated carbocycles. The molecule has 0 amide bonds. The lowest BCUT2D eigenvalue weighted by molar-refractivity contribution is 0.154. The van der Waals surface area contributed by atoms with Crippen molar-refractivity contribution in [3.05, 3.63) is 60.2 Å². The molecule has 3 rings (SSSR count). The maximum absolute atomic E-state index is 9.99. The third-order valence-electron chi connectivity index (χ3n) is 3.13. The molecule has 1 aliphatic rings. The molecule has 19 heavy (non-hydrogen) atoms. The number of epoxide rings is 1. The molecule has 0 spiro atoms. The van der Waals surface area contributed by atoms with E-state index in [0.717, 1.165) is 23.7 Å². The second kappa shape index (κ2) is 5.43. The Labute approximate surface area is 112 Å². The Bertz CT molecular complexity index is 517. The normalized spacial score (nSPS) is 18.9. The van der Waals surface area contributed by atoms with Crippen LogP contribution >= 0.6 is 0 Å². The Kier molecular flexibility index (Phi) is 3.49. The van der Waals surface area contributed by atoms with Crippen LogP contribution in [0.1, 0.15) is 18.1 Å². The molecule has 1 aliphatic heterocycles. The number of aliphatic hydroxyl groups is 1. The van der Waals surface area contributed by atoms with Gasteiger partial charge >= 0.3 is 0 Å². The predicted molar refractivity (Wildman–Crippen MR) is 72.3 cm³/mol. The summed E-state index contributed by atoms with van der Waals surface area (Å²) < 4.78 is 10.8. The van der Waals surface area contributed by atoms with Gasteiger partial charge in [0.15, 0.2) is 0 Å². The van der Waals surface area contributed by atoms with Gasteiger partial charge in [-0.1, -0.05) is 30.3 Å². The van der Waals surface area contributed by atoms with Crippen LogP contribution in [0.3, 0.4) is 0 Å². The van der Waals surface area contributed by atoms with Gasteiger partial charge in [-0.15, -0.1) is 0 Å². The fraction of sp³-hybridized carbons (Fsp3) is 0.250. The van der Waals surface area contributed by atoms with Crippen LogP contribution in [0.25, 0.3) is 0 Å². The van der Waals surface area contributed by atoms with Gasteiger partial charge < -0.3 is 14.6 Å². The van der Waals surface area contributed by atoms with Gasteiger partial charge in [-0.3, -0.25) is 0 Å². The molecule has 3 heteroatoms. The molecule has 0 radical (unpaired) electrons. The molecule has 0 bridgehead atoms. The second-order valence-electron chi connectivity index (χ2n) is 4.69.